The second-order valence-corrected chi connectivity index (χ2v) is 6.01. The molecular weight excluding hydrogens is 302 g/mol. The normalized spacial score (nSPS) is 20.2. The minimum absolute atomic E-state index is 0.170. The molecule has 124 valence electrons. The Balaban J connectivity index is 1.94. The summed E-state index contributed by atoms with van der Waals surface area (Å²) in [5, 5.41) is 0. The summed E-state index contributed by atoms with van der Waals surface area (Å²) in [6.07, 6.45) is 0.837. The zero-order valence-corrected chi connectivity index (χ0v) is 13.8. The molecule has 2 aromatic carbocycles. The number of benzene rings is 2. The summed E-state index contributed by atoms with van der Waals surface area (Å²) in [6, 6.07) is 19.1. The van der Waals surface area contributed by atoms with E-state index in [0.29, 0.717) is 19.4 Å². The fraction of sp³-hybridized carbons (Fsp3) is 0.300. The van der Waals surface area contributed by atoms with Crippen molar-refractivity contribution < 1.29 is 14.3 Å². The molecule has 2 aromatic rings. The third-order valence-corrected chi connectivity index (χ3v) is 4.50. The number of hydrogen-bond donors (Lipinski definition) is 0. The largest absolute Gasteiger partial charge is 0.465 e. The standard InChI is InChI=1S/C20H21NO3/c1-2-24-19(23)20(15-16-9-5-3-6-10-16)13-14-21(18(20)22)17-11-7-4-8-12-17/h3-12H,2,13-15H2,1H3. The first-order valence-corrected chi connectivity index (χ1v) is 8.25. The lowest BCUT2D eigenvalue weighted by atomic mass is 9.80. The van der Waals surface area contributed by atoms with Gasteiger partial charge in [-0.1, -0.05) is 48.5 Å². The quantitative estimate of drug-likeness (QED) is 0.627. The van der Waals surface area contributed by atoms with Gasteiger partial charge < -0.3 is 9.64 Å². The fourth-order valence-corrected chi connectivity index (χ4v) is 3.26. The summed E-state index contributed by atoms with van der Waals surface area (Å²) in [4.78, 5) is 27.6. The van der Waals surface area contributed by atoms with Gasteiger partial charge in [-0.3, -0.25) is 9.59 Å². The van der Waals surface area contributed by atoms with Crippen LogP contribution in [0.1, 0.15) is 18.9 Å². The molecule has 0 aliphatic carbocycles. The van der Waals surface area contributed by atoms with Crippen molar-refractivity contribution in [2.45, 2.75) is 19.8 Å². The second-order valence-electron chi connectivity index (χ2n) is 6.01. The third kappa shape index (κ3) is 2.92. The second kappa shape index (κ2) is 6.87. The van der Waals surface area contributed by atoms with Gasteiger partial charge in [0.25, 0.3) is 0 Å². The Labute approximate surface area is 142 Å². The number of hydrogen-bond acceptors (Lipinski definition) is 3. The van der Waals surface area contributed by atoms with Crippen molar-refractivity contribution in [2.75, 3.05) is 18.1 Å². The van der Waals surface area contributed by atoms with E-state index in [4.69, 9.17) is 4.74 Å². The SMILES string of the molecule is CCOC(=O)C1(Cc2ccccc2)CCN(c2ccccc2)C1=O. The molecule has 3 rings (SSSR count). The van der Waals surface area contributed by atoms with Crippen LogP contribution in [0.2, 0.25) is 0 Å². The van der Waals surface area contributed by atoms with Crippen LogP contribution in [-0.4, -0.2) is 25.0 Å². The maximum atomic E-state index is 13.2. The van der Waals surface area contributed by atoms with Crippen LogP contribution in [0.4, 0.5) is 5.69 Å². The summed E-state index contributed by atoms with van der Waals surface area (Å²) >= 11 is 0. The van der Waals surface area contributed by atoms with E-state index in [9.17, 15) is 9.59 Å². The number of rotatable bonds is 5. The van der Waals surface area contributed by atoms with Gasteiger partial charge in [0, 0.05) is 12.2 Å². The zero-order valence-electron chi connectivity index (χ0n) is 13.8. The molecule has 1 fully saturated rings. The van der Waals surface area contributed by atoms with Crippen molar-refractivity contribution in [3.05, 3.63) is 66.2 Å². The van der Waals surface area contributed by atoms with Crippen LogP contribution in [-0.2, 0) is 20.7 Å². The van der Waals surface area contributed by atoms with E-state index < -0.39 is 11.4 Å². The van der Waals surface area contributed by atoms with Crippen LogP contribution in [0.5, 0.6) is 0 Å². The van der Waals surface area contributed by atoms with Crippen LogP contribution in [0, 0.1) is 5.41 Å². The van der Waals surface area contributed by atoms with E-state index in [1.807, 2.05) is 60.7 Å². The van der Waals surface area contributed by atoms with Crippen molar-refractivity contribution in [1.82, 2.24) is 0 Å². The summed E-state index contributed by atoms with van der Waals surface area (Å²) in [5.74, 6) is -0.590. The molecule has 0 bridgehead atoms. The Bertz CT molecular complexity index is 714. The van der Waals surface area contributed by atoms with Crippen LogP contribution in [0.15, 0.2) is 60.7 Å². The van der Waals surface area contributed by atoms with Crippen molar-refractivity contribution in [3.63, 3.8) is 0 Å². The van der Waals surface area contributed by atoms with E-state index in [1.165, 1.54) is 0 Å². The molecule has 24 heavy (non-hydrogen) atoms. The highest BCUT2D eigenvalue weighted by Gasteiger charge is 2.54. The Hall–Kier alpha value is -2.62. The molecular formula is C20H21NO3. The van der Waals surface area contributed by atoms with Gasteiger partial charge in [0.05, 0.1) is 6.61 Å². The van der Waals surface area contributed by atoms with Crippen molar-refractivity contribution in [3.8, 4) is 0 Å². The van der Waals surface area contributed by atoms with Crippen LogP contribution >= 0.6 is 0 Å². The van der Waals surface area contributed by atoms with Crippen molar-refractivity contribution in [2.24, 2.45) is 5.41 Å². The predicted molar refractivity (Wildman–Crippen MR) is 92.6 cm³/mol. The molecule has 4 heteroatoms. The highest BCUT2D eigenvalue weighted by atomic mass is 16.5. The first-order chi connectivity index (χ1) is 11.7. The molecule has 0 aromatic heterocycles. The van der Waals surface area contributed by atoms with Gasteiger partial charge in [0.15, 0.2) is 5.41 Å². The van der Waals surface area contributed by atoms with Crippen molar-refractivity contribution in [1.29, 1.82) is 0 Å². The van der Waals surface area contributed by atoms with Gasteiger partial charge in [-0.15, -0.1) is 0 Å². The molecule has 1 atom stereocenters. The molecule has 0 N–H and O–H groups in total. The maximum Gasteiger partial charge on any atom is 0.322 e. The summed E-state index contributed by atoms with van der Waals surface area (Å²) in [7, 11) is 0. The Morgan fingerprint density at radius 1 is 1.08 bits per heavy atom. The molecule has 1 aliphatic heterocycles. The molecule has 4 nitrogen and oxygen atoms in total. The number of para-hydroxylation sites is 1. The number of anilines is 1. The molecule has 0 saturated carbocycles. The van der Waals surface area contributed by atoms with E-state index in [0.717, 1.165) is 11.3 Å². The van der Waals surface area contributed by atoms with Gasteiger partial charge in [-0.2, -0.15) is 0 Å². The number of esters is 1. The van der Waals surface area contributed by atoms with E-state index in [2.05, 4.69) is 0 Å². The lowest BCUT2D eigenvalue weighted by molar-refractivity contribution is -0.158. The van der Waals surface area contributed by atoms with E-state index >= 15 is 0 Å². The third-order valence-electron chi connectivity index (χ3n) is 4.50. The number of carbonyl (C=O) groups excluding carboxylic acids is 2. The van der Waals surface area contributed by atoms with Crippen LogP contribution in [0.25, 0.3) is 0 Å². The number of nitrogens with zero attached hydrogens (tertiary/aromatic N) is 1. The smallest absolute Gasteiger partial charge is 0.322 e. The van der Waals surface area contributed by atoms with Gasteiger partial charge >= 0.3 is 5.97 Å². The van der Waals surface area contributed by atoms with Crippen LogP contribution < -0.4 is 4.90 Å². The van der Waals surface area contributed by atoms with Gasteiger partial charge in [0.1, 0.15) is 0 Å². The van der Waals surface area contributed by atoms with Crippen molar-refractivity contribution >= 4 is 17.6 Å². The molecule has 0 radical (unpaired) electrons. The lowest BCUT2D eigenvalue weighted by Gasteiger charge is -2.26. The molecule has 1 saturated heterocycles. The molecule has 1 aliphatic rings. The predicted octanol–water partition coefficient (Wildman–Crippen LogP) is 3.22. The fourth-order valence-electron chi connectivity index (χ4n) is 3.26. The summed E-state index contributed by atoms with van der Waals surface area (Å²) in [6.45, 7) is 2.56. The summed E-state index contributed by atoms with van der Waals surface area (Å²) in [5.41, 5.74) is 0.656. The average molecular weight is 323 g/mol. The first-order valence-electron chi connectivity index (χ1n) is 8.25. The monoisotopic (exact) mass is 323 g/mol. The minimum Gasteiger partial charge on any atom is -0.465 e. The summed E-state index contributed by atoms with van der Waals surface area (Å²) < 4.78 is 5.27. The lowest BCUT2D eigenvalue weighted by Crippen LogP contribution is -2.43. The highest BCUT2D eigenvalue weighted by molar-refractivity contribution is 6.12. The average Bonchev–Trinajstić information content (AvgIpc) is 2.94. The Morgan fingerprint density at radius 2 is 1.71 bits per heavy atom. The highest BCUT2D eigenvalue weighted by Crippen LogP contribution is 2.39. The first kappa shape index (κ1) is 16.2. The van der Waals surface area contributed by atoms with Gasteiger partial charge in [-0.25, -0.2) is 0 Å². The van der Waals surface area contributed by atoms with Gasteiger partial charge in [0.2, 0.25) is 5.91 Å². The Morgan fingerprint density at radius 3 is 2.33 bits per heavy atom. The number of amides is 1. The number of ether oxygens (including phenoxy) is 1. The minimum atomic E-state index is -1.13. The van der Waals surface area contributed by atoms with E-state index in [-0.39, 0.29) is 12.5 Å². The molecule has 1 amide bonds. The topological polar surface area (TPSA) is 46.6 Å². The van der Waals surface area contributed by atoms with Gasteiger partial charge in [-0.05, 0) is 37.5 Å². The maximum absolute atomic E-state index is 13.2. The Kier molecular flexibility index (Phi) is 4.65. The number of carbonyl (C=O) groups is 2. The molecule has 1 unspecified atom stereocenters. The van der Waals surface area contributed by atoms with E-state index in [1.54, 1.807) is 11.8 Å². The molecule has 1 heterocycles. The zero-order chi connectivity index (χ0) is 17.0. The molecule has 0 spiro atoms. The van der Waals surface area contributed by atoms with Crippen LogP contribution in [0.3, 0.4) is 0 Å².